The highest BCUT2D eigenvalue weighted by molar-refractivity contribution is 6.99. The summed E-state index contributed by atoms with van der Waals surface area (Å²) in [5.41, 5.74) is 1.83. The summed E-state index contributed by atoms with van der Waals surface area (Å²) in [5.74, 6) is -0.349. The molecule has 1 aliphatic heterocycles. The first-order chi connectivity index (χ1) is 18.6. The highest BCUT2D eigenvalue weighted by Gasteiger charge is 2.50. The predicted octanol–water partition coefficient (Wildman–Crippen LogP) is 6.26. The standard InChI is InChI=1S/C33H39NO4Si/c1-25(26(2)23-31(35)34-30(24-37-32(34)36)27-15-9-6-10-16-27)21-22-38-39(33(3,4)5,28-17-11-7-12-18-28)29-19-13-8-14-20-29/h6-20,26,30H,1,21-24H2,2-5H3/t26-,30-/m1/s1. The van der Waals surface area contributed by atoms with Crippen LogP contribution in [0.1, 0.15) is 52.1 Å². The smallest absolute Gasteiger partial charge is 0.417 e. The van der Waals surface area contributed by atoms with Gasteiger partial charge in [-0.2, -0.15) is 0 Å². The largest absolute Gasteiger partial charge is 0.446 e. The molecule has 2 atom stereocenters. The average molecular weight is 542 g/mol. The normalized spacial score (nSPS) is 16.6. The molecule has 0 N–H and O–H groups in total. The zero-order valence-corrected chi connectivity index (χ0v) is 24.4. The van der Waals surface area contributed by atoms with E-state index in [1.54, 1.807) is 0 Å². The van der Waals surface area contributed by atoms with Crippen molar-refractivity contribution in [3.05, 3.63) is 109 Å². The predicted molar refractivity (Wildman–Crippen MR) is 158 cm³/mol. The van der Waals surface area contributed by atoms with E-state index in [1.807, 2.05) is 49.4 Å². The van der Waals surface area contributed by atoms with Gasteiger partial charge in [-0.05, 0) is 33.3 Å². The molecule has 4 rings (SSSR count). The van der Waals surface area contributed by atoms with Crippen molar-refractivity contribution in [2.45, 2.75) is 51.6 Å². The number of rotatable bonds is 10. The van der Waals surface area contributed by atoms with Crippen molar-refractivity contribution in [1.29, 1.82) is 0 Å². The van der Waals surface area contributed by atoms with Crippen LogP contribution in [0.4, 0.5) is 4.79 Å². The third kappa shape index (κ3) is 6.07. The Balaban J connectivity index is 1.45. The number of carbonyl (C=O) groups excluding carboxylic acids is 2. The second kappa shape index (κ2) is 12.1. The molecule has 5 nitrogen and oxygen atoms in total. The topological polar surface area (TPSA) is 55.8 Å². The summed E-state index contributed by atoms with van der Waals surface area (Å²) in [5, 5.41) is 2.36. The van der Waals surface area contributed by atoms with Gasteiger partial charge in [0.25, 0.3) is 8.32 Å². The summed E-state index contributed by atoms with van der Waals surface area (Å²) in [4.78, 5) is 27.0. The molecular formula is C33H39NO4Si. The molecule has 1 fully saturated rings. The van der Waals surface area contributed by atoms with Gasteiger partial charge in [-0.1, -0.05) is 131 Å². The number of hydrogen-bond donors (Lipinski definition) is 0. The number of imide groups is 1. The number of benzene rings is 3. The lowest BCUT2D eigenvalue weighted by molar-refractivity contribution is -0.129. The molecule has 0 aliphatic carbocycles. The van der Waals surface area contributed by atoms with Crippen molar-refractivity contribution in [2.75, 3.05) is 13.2 Å². The molecule has 0 saturated carbocycles. The Morgan fingerprint density at radius 1 is 0.974 bits per heavy atom. The van der Waals surface area contributed by atoms with Crippen molar-refractivity contribution in [3.8, 4) is 0 Å². The molecular weight excluding hydrogens is 502 g/mol. The number of amides is 2. The Bertz CT molecular complexity index is 1230. The Morgan fingerprint density at radius 2 is 1.49 bits per heavy atom. The fraction of sp³-hybridized carbons (Fsp3) is 0.333. The van der Waals surface area contributed by atoms with Crippen LogP contribution in [0.3, 0.4) is 0 Å². The van der Waals surface area contributed by atoms with Gasteiger partial charge < -0.3 is 9.16 Å². The van der Waals surface area contributed by atoms with E-state index in [-0.39, 0.29) is 29.9 Å². The number of cyclic esters (lactones) is 1. The lowest BCUT2D eigenvalue weighted by Crippen LogP contribution is -2.66. The van der Waals surface area contributed by atoms with Gasteiger partial charge in [-0.15, -0.1) is 0 Å². The molecule has 3 aromatic carbocycles. The molecule has 0 bridgehead atoms. The van der Waals surface area contributed by atoms with E-state index in [2.05, 4.69) is 75.9 Å². The van der Waals surface area contributed by atoms with E-state index >= 15 is 0 Å². The zero-order chi connectivity index (χ0) is 28.0. The van der Waals surface area contributed by atoms with Gasteiger partial charge in [0.2, 0.25) is 5.91 Å². The van der Waals surface area contributed by atoms with Gasteiger partial charge in [-0.25, -0.2) is 9.69 Å². The third-order valence-corrected chi connectivity index (χ3v) is 12.7. The van der Waals surface area contributed by atoms with Crippen LogP contribution in [0, 0.1) is 5.92 Å². The molecule has 1 saturated heterocycles. The average Bonchev–Trinajstić information content (AvgIpc) is 3.33. The van der Waals surface area contributed by atoms with E-state index < -0.39 is 20.5 Å². The van der Waals surface area contributed by atoms with Gasteiger partial charge in [0.1, 0.15) is 12.6 Å². The Labute approximate surface area is 233 Å². The maximum Gasteiger partial charge on any atom is 0.417 e. The van der Waals surface area contributed by atoms with Crippen LogP contribution in [0.2, 0.25) is 5.04 Å². The van der Waals surface area contributed by atoms with Crippen LogP contribution in [0.15, 0.2) is 103 Å². The van der Waals surface area contributed by atoms with Crippen LogP contribution >= 0.6 is 0 Å². The molecule has 3 aromatic rings. The number of hydrogen-bond acceptors (Lipinski definition) is 4. The van der Waals surface area contributed by atoms with Crippen molar-refractivity contribution in [1.82, 2.24) is 4.90 Å². The minimum Gasteiger partial charge on any atom is -0.446 e. The van der Waals surface area contributed by atoms with Gasteiger partial charge in [-0.3, -0.25) is 4.79 Å². The molecule has 1 aliphatic rings. The molecule has 204 valence electrons. The van der Waals surface area contributed by atoms with Crippen molar-refractivity contribution >= 4 is 30.7 Å². The van der Waals surface area contributed by atoms with Gasteiger partial charge >= 0.3 is 6.09 Å². The second-order valence-corrected chi connectivity index (χ2v) is 15.6. The third-order valence-electron chi connectivity index (χ3n) is 7.66. The van der Waals surface area contributed by atoms with E-state index in [0.717, 1.165) is 11.1 Å². The molecule has 1 heterocycles. The molecule has 6 heteroatoms. The number of carbonyl (C=O) groups is 2. The van der Waals surface area contributed by atoms with Crippen LogP contribution in [0.5, 0.6) is 0 Å². The van der Waals surface area contributed by atoms with Crippen LogP contribution in [-0.4, -0.2) is 38.4 Å². The first-order valence-corrected chi connectivity index (χ1v) is 15.5. The summed E-state index contributed by atoms with van der Waals surface area (Å²) in [6.45, 7) is 13.7. The van der Waals surface area contributed by atoms with Crippen molar-refractivity contribution < 1.29 is 18.8 Å². The summed E-state index contributed by atoms with van der Waals surface area (Å²) < 4.78 is 12.2. The van der Waals surface area contributed by atoms with Gasteiger partial charge in [0.05, 0.1) is 0 Å². The fourth-order valence-corrected chi connectivity index (χ4v) is 10.0. The SMILES string of the molecule is C=C(CCO[Si](c1ccccc1)(c1ccccc1)C(C)(C)C)[C@H](C)CC(=O)N1C(=O)OC[C@@H]1c1ccccc1. The van der Waals surface area contributed by atoms with Crippen LogP contribution in [0.25, 0.3) is 0 Å². The van der Waals surface area contributed by atoms with Crippen LogP contribution in [-0.2, 0) is 14.0 Å². The number of ether oxygens (including phenoxy) is 1. The quantitative estimate of drug-likeness (QED) is 0.225. The van der Waals surface area contributed by atoms with E-state index in [1.165, 1.54) is 15.3 Å². The van der Waals surface area contributed by atoms with E-state index in [0.29, 0.717) is 13.0 Å². The summed E-state index contributed by atoms with van der Waals surface area (Å²) >= 11 is 0. The highest BCUT2D eigenvalue weighted by atomic mass is 28.4. The lowest BCUT2D eigenvalue weighted by atomic mass is 9.95. The van der Waals surface area contributed by atoms with E-state index in [9.17, 15) is 9.59 Å². The Hall–Kier alpha value is -3.48. The highest BCUT2D eigenvalue weighted by Crippen LogP contribution is 2.37. The minimum absolute atomic E-state index is 0.106. The molecule has 39 heavy (non-hydrogen) atoms. The number of nitrogens with zero attached hydrogens (tertiary/aromatic N) is 1. The molecule has 0 spiro atoms. The Morgan fingerprint density at radius 3 is 2.00 bits per heavy atom. The molecule has 0 radical (unpaired) electrons. The fourth-order valence-electron chi connectivity index (χ4n) is 5.47. The van der Waals surface area contributed by atoms with Crippen LogP contribution < -0.4 is 10.4 Å². The first-order valence-electron chi connectivity index (χ1n) is 13.6. The van der Waals surface area contributed by atoms with Gasteiger partial charge in [0, 0.05) is 13.0 Å². The second-order valence-electron chi connectivity index (χ2n) is 11.3. The molecule has 2 amide bonds. The maximum atomic E-state index is 13.2. The lowest BCUT2D eigenvalue weighted by Gasteiger charge is -2.43. The zero-order valence-electron chi connectivity index (χ0n) is 23.4. The molecule has 0 aromatic heterocycles. The summed E-state index contributed by atoms with van der Waals surface area (Å²) in [6.07, 6.45) is 0.240. The monoisotopic (exact) mass is 541 g/mol. The Kier molecular flexibility index (Phi) is 8.88. The minimum atomic E-state index is -2.64. The maximum absolute atomic E-state index is 13.2. The first kappa shape index (κ1) is 28.5. The summed E-state index contributed by atoms with van der Waals surface area (Å²) in [6, 6.07) is 30.2. The summed E-state index contributed by atoms with van der Waals surface area (Å²) in [7, 11) is -2.64. The van der Waals surface area contributed by atoms with Gasteiger partial charge in [0.15, 0.2) is 0 Å². The van der Waals surface area contributed by atoms with Crippen molar-refractivity contribution in [2.24, 2.45) is 5.92 Å². The van der Waals surface area contributed by atoms with Crippen molar-refractivity contribution in [3.63, 3.8) is 0 Å². The molecule has 0 unspecified atom stereocenters. The van der Waals surface area contributed by atoms with E-state index in [4.69, 9.17) is 9.16 Å².